The number of hydrogen-bond acceptors (Lipinski definition) is 5. The number of benzene rings is 1. The number of piperazine rings is 1. The van der Waals surface area contributed by atoms with Gasteiger partial charge in [0, 0.05) is 43.7 Å². The van der Waals surface area contributed by atoms with Crippen LogP contribution in [0.4, 0.5) is 5.69 Å². The van der Waals surface area contributed by atoms with Gasteiger partial charge in [-0.2, -0.15) is 10.2 Å². The molecule has 1 N–H and O–H groups in total. The zero-order valence-corrected chi connectivity index (χ0v) is 18.5. The first kappa shape index (κ1) is 20.0. The third-order valence-electron chi connectivity index (χ3n) is 6.73. The molecule has 0 spiro atoms. The average molecular weight is 422 g/mol. The van der Waals surface area contributed by atoms with Crippen LogP contribution >= 0.6 is 0 Å². The fourth-order valence-electron chi connectivity index (χ4n) is 4.60. The lowest BCUT2D eigenvalue weighted by Gasteiger charge is -2.36. The Bertz CT molecular complexity index is 1070. The molecule has 0 bridgehead atoms. The van der Waals surface area contributed by atoms with Crippen molar-refractivity contribution in [2.24, 2.45) is 0 Å². The number of H-pyrrole nitrogens is 1. The summed E-state index contributed by atoms with van der Waals surface area (Å²) in [6, 6.07) is 7.31. The van der Waals surface area contributed by atoms with Gasteiger partial charge in [-0.25, -0.2) is 4.98 Å². The third kappa shape index (κ3) is 3.79. The topological polar surface area (TPSA) is 82.9 Å². The van der Waals surface area contributed by atoms with E-state index in [1.54, 1.807) is 0 Å². The van der Waals surface area contributed by atoms with Crippen LogP contribution in [0.5, 0.6) is 0 Å². The number of nitrogens with zero attached hydrogens (tertiary/aromatic N) is 6. The van der Waals surface area contributed by atoms with Crippen molar-refractivity contribution in [1.29, 1.82) is 0 Å². The fraction of sp³-hybridized carbons (Fsp3) is 0.565. The van der Waals surface area contributed by atoms with Gasteiger partial charge < -0.3 is 9.80 Å². The maximum Gasteiger partial charge on any atom is 0.230 e. The van der Waals surface area contributed by atoms with Gasteiger partial charge in [-0.3, -0.25) is 14.6 Å². The summed E-state index contributed by atoms with van der Waals surface area (Å²) < 4.78 is 2.27. The summed E-state index contributed by atoms with van der Waals surface area (Å²) in [4.78, 5) is 21.4. The highest BCUT2D eigenvalue weighted by Crippen LogP contribution is 2.36. The number of aryl methyl sites for hydroxylation is 2. The molecule has 0 atom stereocenters. The molecule has 2 fully saturated rings. The van der Waals surface area contributed by atoms with E-state index in [9.17, 15) is 4.79 Å². The number of carbonyl (C=O) groups is 1. The summed E-state index contributed by atoms with van der Waals surface area (Å²) in [5.74, 6) is 1.53. The molecular weight excluding hydrogens is 390 g/mol. The molecule has 8 nitrogen and oxygen atoms in total. The van der Waals surface area contributed by atoms with E-state index in [1.165, 1.54) is 41.5 Å². The Kier molecular flexibility index (Phi) is 5.38. The molecule has 1 aliphatic carbocycles. The number of rotatable bonds is 6. The Labute approximate surface area is 182 Å². The van der Waals surface area contributed by atoms with Crippen molar-refractivity contribution in [1.82, 2.24) is 29.9 Å². The van der Waals surface area contributed by atoms with Crippen molar-refractivity contribution in [3.63, 3.8) is 0 Å². The Morgan fingerprint density at radius 1 is 1.13 bits per heavy atom. The average Bonchev–Trinajstić information content (AvgIpc) is 3.37. The van der Waals surface area contributed by atoms with Crippen LogP contribution in [0, 0.1) is 0 Å². The van der Waals surface area contributed by atoms with Gasteiger partial charge in [-0.1, -0.05) is 13.8 Å². The maximum absolute atomic E-state index is 12.7. The summed E-state index contributed by atoms with van der Waals surface area (Å²) in [6.07, 6.45) is 5.79. The molecule has 1 saturated carbocycles. The van der Waals surface area contributed by atoms with Gasteiger partial charge in [0.1, 0.15) is 11.6 Å². The number of hydrogen-bond donors (Lipinski definition) is 1. The van der Waals surface area contributed by atoms with Crippen LogP contribution < -0.4 is 4.90 Å². The number of carbonyl (C=O) groups excluding carboxylic acids is 1. The van der Waals surface area contributed by atoms with Gasteiger partial charge in [0.15, 0.2) is 0 Å². The van der Waals surface area contributed by atoms with E-state index in [0.29, 0.717) is 18.3 Å². The molecule has 1 saturated heterocycles. The second-order valence-corrected chi connectivity index (χ2v) is 8.63. The van der Waals surface area contributed by atoms with Gasteiger partial charge in [-0.05, 0) is 43.9 Å². The normalized spacial score (nSPS) is 17.4. The molecule has 164 valence electrons. The number of amides is 1. The van der Waals surface area contributed by atoms with E-state index >= 15 is 0 Å². The van der Waals surface area contributed by atoms with Crippen LogP contribution in [0.2, 0.25) is 0 Å². The van der Waals surface area contributed by atoms with Crippen LogP contribution in [0.15, 0.2) is 18.2 Å². The zero-order chi connectivity index (χ0) is 21.4. The maximum atomic E-state index is 12.7. The molecule has 1 amide bonds. The minimum absolute atomic E-state index is 0.115. The van der Waals surface area contributed by atoms with E-state index in [0.717, 1.165) is 44.8 Å². The molecule has 1 aliphatic heterocycles. The van der Waals surface area contributed by atoms with Crippen LogP contribution in [0.25, 0.3) is 10.9 Å². The van der Waals surface area contributed by atoms with E-state index in [4.69, 9.17) is 5.10 Å². The predicted molar refractivity (Wildman–Crippen MR) is 120 cm³/mol. The number of anilines is 1. The largest absolute Gasteiger partial charge is 0.368 e. The molecular formula is C23H31N7O. The molecule has 2 aliphatic rings. The molecule has 2 aromatic heterocycles. The first-order valence-electron chi connectivity index (χ1n) is 11.6. The van der Waals surface area contributed by atoms with Gasteiger partial charge in [0.2, 0.25) is 5.91 Å². The summed E-state index contributed by atoms with van der Waals surface area (Å²) in [5.41, 5.74) is 3.68. The lowest BCUT2D eigenvalue weighted by Crippen LogP contribution is -2.49. The van der Waals surface area contributed by atoms with Crippen molar-refractivity contribution in [3.05, 3.63) is 35.5 Å². The van der Waals surface area contributed by atoms with Gasteiger partial charge in [-0.15, -0.1) is 0 Å². The monoisotopic (exact) mass is 421 g/mol. The van der Waals surface area contributed by atoms with E-state index in [2.05, 4.69) is 49.9 Å². The molecule has 31 heavy (non-hydrogen) atoms. The lowest BCUT2D eigenvalue weighted by atomic mass is 9.93. The van der Waals surface area contributed by atoms with Crippen molar-refractivity contribution >= 4 is 22.5 Å². The highest BCUT2D eigenvalue weighted by Gasteiger charge is 2.25. The molecule has 8 heteroatoms. The molecule has 1 aromatic carbocycles. The minimum atomic E-state index is 0.115. The summed E-state index contributed by atoms with van der Waals surface area (Å²) in [6.45, 7) is 7.33. The fourth-order valence-corrected chi connectivity index (χ4v) is 4.60. The van der Waals surface area contributed by atoms with Crippen LogP contribution in [-0.2, 0) is 24.1 Å². The second kappa shape index (κ2) is 8.32. The van der Waals surface area contributed by atoms with Crippen molar-refractivity contribution in [2.45, 2.75) is 58.4 Å². The first-order chi connectivity index (χ1) is 15.2. The highest BCUT2D eigenvalue weighted by molar-refractivity contribution is 5.86. The second-order valence-electron chi connectivity index (χ2n) is 8.63. The lowest BCUT2D eigenvalue weighted by molar-refractivity contribution is -0.130. The Morgan fingerprint density at radius 3 is 2.58 bits per heavy atom. The van der Waals surface area contributed by atoms with Gasteiger partial charge in [0.25, 0.3) is 0 Å². The third-order valence-corrected chi connectivity index (χ3v) is 6.73. The Hall–Kier alpha value is -2.90. The van der Waals surface area contributed by atoms with E-state index in [1.807, 2.05) is 11.8 Å². The summed E-state index contributed by atoms with van der Waals surface area (Å²) >= 11 is 0. The van der Waals surface area contributed by atoms with Crippen molar-refractivity contribution in [3.8, 4) is 0 Å². The van der Waals surface area contributed by atoms with Crippen molar-refractivity contribution < 1.29 is 4.79 Å². The quantitative estimate of drug-likeness (QED) is 0.662. The molecule has 3 aromatic rings. The van der Waals surface area contributed by atoms with E-state index < -0.39 is 0 Å². The van der Waals surface area contributed by atoms with Gasteiger partial charge in [0.05, 0.1) is 23.7 Å². The number of nitrogens with one attached hydrogen (secondary N) is 1. The molecule has 0 unspecified atom stereocenters. The zero-order valence-electron chi connectivity index (χ0n) is 18.5. The van der Waals surface area contributed by atoms with Crippen LogP contribution in [-0.4, -0.2) is 61.9 Å². The van der Waals surface area contributed by atoms with E-state index in [-0.39, 0.29) is 5.91 Å². The highest BCUT2D eigenvalue weighted by atomic mass is 16.2. The summed E-state index contributed by atoms with van der Waals surface area (Å²) in [5, 5.41) is 13.2. The van der Waals surface area contributed by atoms with Crippen molar-refractivity contribution in [2.75, 3.05) is 31.1 Å². The first-order valence-corrected chi connectivity index (χ1v) is 11.6. The standard InChI is InChI=1S/C23H31N7O/c1-3-19-18-9-8-17(14-20(18)30(27-19)16-6-5-7-16)28-10-12-29(13-11-28)23(31)15-22-24-21(4-2)25-26-22/h8-9,14,16H,3-7,10-13,15H2,1-2H3,(H,24,25,26). The SMILES string of the molecule is CCc1n[nH]c(CC(=O)N2CCN(c3ccc4c(CC)nn(C5CCC5)c4c3)CC2)n1. The number of aromatic nitrogens is 5. The molecule has 5 rings (SSSR count). The summed E-state index contributed by atoms with van der Waals surface area (Å²) in [7, 11) is 0. The van der Waals surface area contributed by atoms with Crippen LogP contribution in [0.1, 0.15) is 56.5 Å². The predicted octanol–water partition coefficient (Wildman–Crippen LogP) is 2.90. The number of aromatic amines is 1. The minimum Gasteiger partial charge on any atom is -0.368 e. The van der Waals surface area contributed by atoms with Gasteiger partial charge >= 0.3 is 0 Å². The van der Waals surface area contributed by atoms with Crippen LogP contribution in [0.3, 0.4) is 0 Å². The smallest absolute Gasteiger partial charge is 0.230 e. The molecule has 3 heterocycles. The molecule has 0 radical (unpaired) electrons. The Balaban J connectivity index is 1.27. The number of fused-ring (bicyclic) bond motifs is 1. The Morgan fingerprint density at radius 2 is 1.94 bits per heavy atom.